The van der Waals surface area contributed by atoms with Crippen molar-refractivity contribution in [1.82, 2.24) is 10.2 Å². The topological polar surface area (TPSA) is 69.6 Å². The number of carbonyl (C=O) groups excluding carboxylic acids is 1. The Morgan fingerprint density at radius 2 is 2.10 bits per heavy atom. The zero-order chi connectivity index (χ0) is 14.5. The smallest absolute Gasteiger partial charge is 0.318 e. The van der Waals surface area contributed by atoms with Gasteiger partial charge in [-0.15, -0.1) is 0 Å². The van der Waals surface area contributed by atoms with Crippen molar-refractivity contribution in [2.24, 2.45) is 0 Å². The molecule has 0 saturated carbocycles. The highest BCUT2D eigenvalue weighted by Crippen LogP contribution is 2.20. The first-order chi connectivity index (χ1) is 9.58. The lowest BCUT2D eigenvalue weighted by Gasteiger charge is -2.25. The molecule has 5 nitrogen and oxygen atoms in total. The van der Waals surface area contributed by atoms with Gasteiger partial charge in [-0.2, -0.15) is 0 Å². The predicted molar refractivity (Wildman–Crippen MR) is 75.4 cm³/mol. The van der Waals surface area contributed by atoms with E-state index in [-0.39, 0.29) is 18.5 Å². The predicted octanol–water partition coefficient (Wildman–Crippen LogP) is 2.40. The van der Waals surface area contributed by atoms with Crippen LogP contribution >= 0.6 is 0 Å². The van der Waals surface area contributed by atoms with Crippen molar-refractivity contribution in [2.45, 2.75) is 38.3 Å². The molecule has 1 aromatic carbocycles. The molecule has 1 fully saturated rings. The van der Waals surface area contributed by atoms with Crippen molar-refractivity contribution in [3.05, 3.63) is 35.9 Å². The van der Waals surface area contributed by atoms with Crippen LogP contribution in [0.25, 0.3) is 0 Å². The van der Waals surface area contributed by atoms with Crippen LogP contribution in [0.2, 0.25) is 0 Å². The second-order valence-electron chi connectivity index (χ2n) is 5.20. The maximum absolute atomic E-state index is 12.2. The number of rotatable bonds is 4. The molecule has 0 bridgehead atoms. The number of urea groups is 1. The number of nitrogens with zero attached hydrogens (tertiary/aromatic N) is 1. The van der Waals surface area contributed by atoms with Gasteiger partial charge in [-0.05, 0) is 25.3 Å². The highest BCUT2D eigenvalue weighted by atomic mass is 16.4. The van der Waals surface area contributed by atoms with Crippen LogP contribution in [0.15, 0.2) is 30.3 Å². The van der Waals surface area contributed by atoms with Crippen molar-refractivity contribution in [2.75, 3.05) is 6.54 Å². The number of amides is 2. The van der Waals surface area contributed by atoms with Gasteiger partial charge in [0.2, 0.25) is 0 Å². The first-order valence-electron chi connectivity index (χ1n) is 6.92. The molecule has 0 aliphatic carbocycles. The standard InChI is InChI=1S/C15H20N2O3/c1-11-6-5-9-17(11)15(20)16-13(10-14(18)19)12-7-3-2-4-8-12/h2-4,7-8,11,13H,5-6,9-10H2,1H3,(H,16,20)(H,18,19). The molecule has 108 valence electrons. The number of carbonyl (C=O) groups is 2. The molecule has 2 rings (SSSR count). The Kier molecular flexibility index (Phi) is 4.61. The molecule has 1 aliphatic rings. The van der Waals surface area contributed by atoms with Crippen molar-refractivity contribution in [3.63, 3.8) is 0 Å². The Morgan fingerprint density at radius 3 is 2.65 bits per heavy atom. The number of carboxylic acids is 1. The third kappa shape index (κ3) is 3.50. The molecular weight excluding hydrogens is 256 g/mol. The zero-order valence-corrected chi connectivity index (χ0v) is 11.6. The van der Waals surface area contributed by atoms with Gasteiger partial charge in [-0.1, -0.05) is 30.3 Å². The van der Waals surface area contributed by atoms with Crippen LogP contribution in [0.4, 0.5) is 4.79 Å². The van der Waals surface area contributed by atoms with Gasteiger partial charge in [0.1, 0.15) is 0 Å². The van der Waals surface area contributed by atoms with E-state index in [1.807, 2.05) is 37.3 Å². The van der Waals surface area contributed by atoms with Crippen molar-refractivity contribution >= 4 is 12.0 Å². The summed E-state index contributed by atoms with van der Waals surface area (Å²) in [5, 5.41) is 11.9. The number of carboxylic acid groups (broad SMARTS) is 1. The van der Waals surface area contributed by atoms with E-state index in [4.69, 9.17) is 5.11 Å². The first-order valence-corrected chi connectivity index (χ1v) is 6.92. The Labute approximate surface area is 118 Å². The molecular formula is C15H20N2O3. The summed E-state index contributed by atoms with van der Waals surface area (Å²) in [6.07, 6.45) is 1.89. The van der Waals surface area contributed by atoms with E-state index in [1.54, 1.807) is 4.90 Å². The van der Waals surface area contributed by atoms with E-state index in [1.165, 1.54) is 0 Å². The van der Waals surface area contributed by atoms with Gasteiger partial charge in [0.25, 0.3) is 0 Å². The number of nitrogens with one attached hydrogen (secondary N) is 1. The lowest BCUT2D eigenvalue weighted by Crippen LogP contribution is -2.43. The highest BCUT2D eigenvalue weighted by Gasteiger charge is 2.27. The number of benzene rings is 1. The summed E-state index contributed by atoms with van der Waals surface area (Å²) in [5.74, 6) is -0.923. The van der Waals surface area contributed by atoms with Gasteiger partial charge < -0.3 is 15.3 Å². The fourth-order valence-electron chi connectivity index (χ4n) is 2.58. The Morgan fingerprint density at radius 1 is 1.40 bits per heavy atom. The molecule has 2 N–H and O–H groups in total. The van der Waals surface area contributed by atoms with E-state index < -0.39 is 12.0 Å². The van der Waals surface area contributed by atoms with Crippen LogP contribution in [0.3, 0.4) is 0 Å². The normalized spacial score (nSPS) is 19.6. The summed E-state index contributed by atoms with van der Waals surface area (Å²) in [5.41, 5.74) is 0.815. The average molecular weight is 276 g/mol. The molecule has 1 aliphatic heterocycles. The average Bonchev–Trinajstić information content (AvgIpc) is 2.85. The van der Waals surface area contributed by atoms with E-state index in [2.05, 4.69) is 5.32 Å². The molecule has 1 saturated heterocycles. The molecule has 2 unspecified atom stereocenters. The summed E-state index contributed by atoms with van der Waals surface area (Å²) in [4.78, 5) is 25.0. The summed E-state index contributed by atoms with van der Waals surface area (Å²) >= 11 is 0. The van der Waals surface area contributed by atoms with Gasteiger partial charge >= 0.3 is 12.0 Å². The maximum atomic E-state index is 12.2. The van der Waals surface area contributed by atoms with Gasteiger partial charge in [0.15, 0.2) is 0 Å². The summed E-state index contributed by atoms with van der Waals surface area (Å²) < 4.78 is 0. The molecule has 0 radical (unpaired) electrons. The van der Waals surface area contributed by atoms with E-state index >= 15 is 0 Å². The molecule has 0 aromatic heterocycles. The number of aliphatic carboxylic acids is 1. The lowest BCUT2D eigenvalue weighted by atomic mass is 10.0. The highest BCUT2D eigenvalue weighted by molar-refractivity contribution is 5.76. The third-order valence-electron chi connectivity index (χ3n) is 3.69. The fourth-order valence-corrected chi connectivity index (χ4v) is 2.58. The monoisotopic (exact) mass is 276 g/mol. The van der Waals surface area contributed by atoms with Crippen molar-refractivity contribution in [3.8, 4) is 0 Å². The number of hydrogen-bond acceptors (Lipinski definition) is 2. The Balaban J connectivity index is 2.08. The molecule has 0 spiro atoms. The van der Waals surface area contributed by atoms with E-state index in [0.717, 1.165) is 24.9 Å². The van der Waals surface area contributed by atoms with Gasteiger partial charge in [0.05, 0.1) is 12.5 Å². The Bertz CT molecular complexity index is 475. The molecule has 1 aromatic rings. The number of likely N-dealkylation sites (tertiary alicyclic amines) is 1. The number of hydrogen-bond donors (Lipinski definition) is 2. The molecule has 5 heteroatoms. The quantitative estimate of drug-likeness (QED) is 0.887. The van der Waals surface area contributed by atoms with Crippen molar-refractivity contribution < 1.29 is 14.7 Å². The van der Waals surface area contributed by atoms with Crippen LogP contribution in [0, 0.1) is 0 Å². The minimum Gasteiger partial charge on any atom is -0.481 e. The Hall–Kier alpha value is -2.04. The van der Waals surface area contributed by atoms with Crippen LogP contribution in [-0.2, 0) is 4.79 Å². The molecule has 20 heavy (non-hydrogen) atoms. The second kappa shape index (κ2) is 6.41. The van der Waals surface area contributed by atoms with Crippen LogP contribution < -0.4 is 5.32 Å². The van der Waals surface area contributed by atoms with Crippen molar-refractivity contribution in [1.29, 1.82) is 0 Å². The van der Waals surface area contributed by atoms with Crippen LogP contribution in [-0.4, -0.2) is 34.6 Å². The van der Waals surface area contributed by atoms with Crippen LogP contribution in [0.1, 0.15) is 37.8 Å². The summed E-state index contributed by atoms with van der Waals surface area (Å²) in [7, 11) is 0. The largest absolute Gasteiger partial charge is 0.481 e. The van der Waals surface area contributed by atoms with Gasteiger partial charge in [-0.3, -0.25) is 4.79 Å². The molecule has 2 amide bonds. The second-order valence-corrected chi connectivity index (χ2v) is 5.20. The zero-order valence-electron chi connectivity index (χ0n) is 11.6. The molecule has 2 atom stereocenters. The minimum absolute atomic E-state index is 0.113. The SMILES string of the molecule is CC1CCCN1C(=O)NC(CC(=O)O)c1ccccc1. The van der Waals surface area contributed by atoms with E-state index in [9.17, 15) is 9.59 Å². The van der Waals surface area contributed by atoms with E-state index in [0.29, 0.717) is 0 Å². The fraction of sp³-hybridized carbons (Fsp3) is 0.467. The summed E-state index contributed by atoms with van der Waals surface area (Å²) in [6.45, 7) is 2.75. The van der Waals surface area contributed by atoms with Crippen LogP contribution in [0.5, 0.6) is 0 Å². The minimum atomic E-state index is -0.923. The van der Waals surface area contributed by atoms with Gasteiger partial charge in [-0.25, -0.2) is 4.79 Å². The maximum Gasteiger partial charge on any atom is 0.318 e. The third-order valence-corrected chi connectivity index (χ3v) is 3.69. The first kappa shape index (κ1) is 14.4. The molecule has 1 heterocycles. The van der Waals surface area contributed by atoms with Gasteiger partial charge in [0, 0.05) is 12.6 Å². The summed E-state index contributed by atoms with van der Waals surface area (Å²) in [6, 6.07) is 8.77. The lowest BCUT2D eigenvalue weighted by molar-refractivity contribution is -0.137.